The molecule has 0 aliphatic carbocycles. The van der Waals surface area contributed by atoms with E-state index in [9.17, 15) is 4.39 Å². The first-order valence-corrected chi connectivity index (χ1v) is 8.31. The Morgan fingerprint density at radius 3 is 3.17 bits per heavy atom. The summed E-state index contributed by atoms with van der Waals surface area (Å²) in [6, 6.07) is 3.21. The zero-order valence-corrected chi connectivity index (χ0v) is 13.6. The van der Waals surface area contributed by atoms with Gasteiger partial charge in [0.15, 0.2) is 5.82 Å². The zero-order chi connectivity index (χ0) is 16.5. The van der Waals surface area contributed by atoms with E-state index in [2.05, 4.69) is 15.0 Å². The fourth-order valence-corrected chi connectivity index (χ4v) is 3.68. The number of aromatic nitrogens is 3. The van der Waals surface area contributed by atoms with Crippen molar-refractivity contribution in [3.05, 3.63) is 42.1 Å². The van der Waals surface area contributed by atoms with Gasteiger partial charge in [-0.1, -0.05) is 0 Å². The molecule has 2 aromatic rings. The van der Waals surface area contributed by atoms with E-state index >= 15 is 0 Å². The molecule has 24 heavy (non-hydrogen) atoms. The van der Waals surface area contributed by atoms with Crippen molar-refractivity contribution in [2.24, 2.45) is 7.05 Å². The third kappa shape index (κ3) is 3.01. The highest BCUT2D eigenvalue weighted by Crippen LogP contribution is 2.32. The highest BCUT2D eigenvalue weighted by Gasteiger charge is 2.45. The number of likely N-dealkylation sites (tertiary alicyclic amines) is 1. The normalized spacial score (nSPS) is 27.2. The SMILES string of the molecule is Cn1cc(CN2C[C@H](Oc3ncccc3F)[C@H]3OCCC[C@H]32)cn1. The summed E-state index contributed by atoms with van der Waals surface area (Å²) in [4.78, 5) is 6.36. The molecule has 0 aromatic carbocycles. The maximum atomic E-state index is 13.9. The van der Waals surface area contributed by atoms with Gasteiger partial charge in [-0.3, -0.25) is 9.58 Å². The molecule has 2 fully saturated rings. The number of pyridine rings is 1. The van der Waals surface area contributed by atoms with Crippen molar-refractivity contribution in [2.75, 3.05) is 13.2 Å². The van der Waals surface area contributed by atoms with E-state index in [1.165, 1.54) is 6.07 Å². The minimum absolute atomic E-state index is 0.0446. The van der Waals surface area contributed by atoms with Crippen LogP contribution in [0.4, 0.5) is 4.39 Å². The largest absolute Gasteiger partial charge is 0.468 e. The molecule has 0 saturated carbocycles. The molecule has 4 heterocycles. The minimum atomic E-state index is -0.435. The van der Waals surface area contributed by atoms with E-state index in [1.54, 1.807) is 16.9 Å². The Kier molecular flexibility index (Phi) is 4.20. The Hall–Kier alpha value is -1.99. The average Bonchev–Trinajstić information content (AvgIpc) is 3.15. The Bertz CT molecular complexity index is 707. The van der Waals surface area contributed by atoms with E-state index in [1.807, 2.05) is 19.4 Å². The summed E-state index contributed by atoms with van der Waals surface area (Å²) in [5.41, 5.74) is 1.16. The minimum Gasteiger partial charge on any atom is -0.468 e. The molecule has 6 nitrogen and oxygen atoms in total. The van der Waals surface area contributed by atoms with Crippen molar-refractivity contribution < 1.29 is 13.9 Å². The second-order valence-electron chi connectivity index (χ2n) is 6.44. The topological polar surface area (TPSA) is 52.4 Å². The van der Waals surface area contributed by atoms with E-state index in [0.717, 1.165) is 31.6 Å². The quantitative estimate of drug-likeness (QED) is 0.854. The van der Waals surface area contributed by atoms with Crippen LogP contribution in [0.5, 0.6) is 5.88 Å². The number of hydrogen-bond acceptors (Lipinski definition) is 5. The van der Waals surface area contributed by atoms with Crippen molar-refractivity contribution in [3.63, 3.8) is 0 Å². The summed E-state index contributed by atoms with van der Waals surface area (Å²) in [6.07, 6.45) is 7.29. The zero-order valence-electron chi connectivity index (χ0n) is 13.6. The predicted octanol–water partition coefficient (Wildman–Crippen LogP) is 1.77. The van der Waals surface area contributed by atoms with Gasteiger partial charge in [-0.05, 0) is 25.0 Å². The molecular weight excluding hydrogens is 311 g/mol. The van der Waals surface area contributed by atoms with Crippen LogP contribution in [-0.4, -0.2) is 51.1 Å². The van der Waals surface area contributed by atoms with Crippen LogP contribution in [0.25, 0.3) is 0 Å². The van der Waals surface area contributed by atoms with Gasteiger partial charge in [0.05, 0.1) is 6.20 Å². The van der Waals surface area contributed by atoms with Crippen molar-refractivity contribution in [1.82, 2.24) is 19.7 Å². The number of halogens is 1. The van der Waals surface area contributed by atoms with Crippen LogP contribution in [0.2, 0.25) is 0 Å². The van der Waals surface area contributed by atoms with Crippen molar-refractivity contribution in [1.29, 1.82) is 0 Å². The number of fused-ring (bicyclic) bond motifs is 1. The van der Waals surface area contributed by atoms with Crippen molar-refractivity contribution in [2.45, 2.75) is 37.6 Å². The molecule has 0 radical (unpaired) electrons. The number of rotatable bonds is 4. The predicted molar refractivity (Wildman–Crippen MR) is 85.0 cm³/mol. The number of hydrogen-bond donors (Lipinski definition) is 0. The highest BCUT2D eigenvalue weighted by atomic mass is 19.1. The average molecular weight is 332 g/mol. The maximum Gasteiger partial charge on any atom is 0.250 e. The molecule has 7 heteroatoms. The first-order valence-electron chi connectivity index (χ1n) is 8.31. The lowest BCUT2D eigenvalue weighted by atomic mass is 10.0. The van der Waals surface area contributed by atoms with Gasteiger partial charge in [-0.25, -0.2) is 9.37 Å². The molecular formula is C17H21FN4O2. The fourth-order valence-electron chi connectivity index (χ4n) is 3.68. The summed E-state index contributed by atoms with van der Waals surface area (Å²) in [5.74, 6) is -0.380. The molecule has 4 rings (SSSR count). The Morgan fingerprint density at radius 1 is 1.46 bits per heavy atom. The van der Waals surface area contributed by atoms with Gasteiger partial charge in [-0.2, -0.15) is 5.10 Å². The van der Waals surface area contributed by atoms with Gasteiger partial charge in [0.25, 0.3) is 5.88 Å². The Labute approximate surface area is 140 Å². The fraction of sp³-hybridized carbons (Fsp3) is 0.529. The molecule has 2 saturated heterocycles. The summed E-state index contributed by atoms with van der Waals surface area (Å²) >= 11 is 0. The van der Waals surface area contributed by atoms with Crippen LogP contribution < -0.4 is 4.74 Å². The lowest BCUT2D eigenvalue weighted by molar-refractivity contribution is -0.0486. The smallest absolute Gasteiger partial charge is 0.250 e. The van der Waals surface area contributed by atoms with Crippen LogP contribution in [0, 0.1) is 5.82 Å². The van der Waals surface area contributed by atoms with E-state index in [-0.39, 0.29) is 24.1 Å². The maximum absolute atomic E-state index is 13.9. The lowest BCUT2D eigenvalue weighted by Gasteiger charge is -2.32. The summed E-state index contributed by atoms with van der Waals surface area (Å²) in [6.45, 7) is 2.22. The number of nitrogens with zero attached hydrogens (tertiary/aromatic N) is 4. The van der Waals surface area contributed by atoms with Gasteiger partial charge in [0, 0.05) is 50.7 Å². The molecule has 2 aliphatic rings. The molecule has 3 atom stereocenters. The van der Waals surface area contributed by atoms with Crippen molar-refractivity contribution in [3.8, 4) is 5.88 Å². The van der Waals surface area contributed by atoms with Crippen molar-refractivity contribution >= 4 is 0 Å². The highest BCUT2D eigenvalue weighted by molar-refractivity contribution is 5.15. The van der Waals surface area contributed by atoms with E-state index in [0.29, 0.717) is 6.54 Å². The Morgan fingerprint density at radius 2 is 2.38 bits per heavy atom. The molecule has 0 bridgehead atoms. The third-order valence-corrected chi connectivity index (χ3v) is 4.72. The second-order valence-corrected chi connectivity index (χ2v) is 6.44. The summed E-state index contributed by atoms with van der Waals surface area (Å²) in [5, 5.41) is 4.23. The first kappa shape index (κ1) is 15.5. The molecule has 0 N–H and O–H groups in total. The van der Waals surface area contributed by atoms with Crippen LogP contribution in [0.15, 0.2) is 30.7 Å². The van der Waals surface area contributed by atoms with Gasteiger partial charge in [-0.15, -0.1) is 0 Å². The van der Waals surface area contributed by atoms with Gasteiger partial charge in [0.1, 0.15) is 12.2 Å². The van der Waals surface area contributed by atoms with Crippen LogP contribution in [0.3, 0.4) is 0 Å². The molecule has 128 valence electrons. The van der Waals surface area contributed by atoms with Gasteiger partial charge in [0.2, 0.25) is 0 Å². The third-order valence-electron chi connectivity index (χ3n) is 4.72. The Balaban J connectivity index is 1.51. The number of ether oxygens (including phenoxy) is 2. The van der Waals surface area contributed by atoms with E-state index in [4.69, 9.17) is 9.47 Å². The monoisotopic (exact) mass is 332 g/mol. The summed E-state index contributed by atoms with van der Waals surface area (Å²) in [7, 11) is 1.91. The lowest BCUT2D eigenvalue weighted by Crippen LogP contribution is -2.42. The molecule has 0 amide bonds. The van der Waals surface area contributed by atoms with Gasteiger partial charge >= 0.3 is 0 Å². The van der Waals surface area contributed by atoms with Crippen LogP contribution in [-0.2, 0) is 18.3 Å². The van der Waals surface area contributed by atoms with Crippen LogP contribution >= 0.6 is 0 Å². The molecule has 2 aromatic heterocycles. The van der Waals surface area contributed by atoms with Crippen LogP contribution in [0.1, 0.15) is 18.4 Å². The molecule has 0 spiro atoms. The van der Waals surface area contributed by atoms with E-state index < -0.39 is 5.82 Å². The summed E-state index contributed by atoms with van der Waals surface area (Å²) < 4.78 is 27.5. The number of aryl methyl sites for hydroxylation is 1. The van der Waals surface area contributed by atoms with Gasteiger partial charge < -0.3 is 9.47 Å². The molecule has 2 aliphatic heterocycles. The second kappa shape index (κ2) is 6.49. The molecule has 0 unspecified atom stereocenters. The standard InChI is InChI=1S/C17H21FN4O2/c1-21-9-12(8-20-21)10-22-11-15(16-14(22)5-3-7-23-16)24-17-13(18)4-2-6-19-17/h2,4,6,8-9,14-16H,3,5,7,10-11H2,1H3/t14-,15+,16+/m1/s1. The first-order chi connectivity index (χ1) is 11.7.